The summed E-state index contributed by atoms with van der Waals surface area (Å²) >= 11 is 2.93. The van der Waals surface area contributed by atoms with Crippen molar-refractivity contribution in [1.29, 1.82) is 0 Å². The number of thiophene rings is 1. The largest absolute Gasteiger partial charge is 0.338 e. The summed E-state index contributed by atoms with van der Waals surface area (Å²) in [6.45, 7) is 1.83. The highest BCUT2D eigenvalue weighted by Gasteiger charge is 2.24. The Hall–Kier alpha value is -2.71. The minimum atomic E-state index is -0.148. The number of anilines is 1. The van der Waals surface area contributed by atoms with Crippen molar-refractivity contribution < 1.29 is 9.59 Å². The summed E-state index contributed by atoms with van der Waals surface area (Å²) in [5, 5.41) is 10.2. The third-order valence-electron chi connectivity index (χ3n) is 4.78. The van der Waals surface area contributed by atoms with Gasteiger partial charge in [-0.3, -0.25) is 10.1 Å². The first-order chi connectivity index (χ1) is 14.2. The van der Waals surface area contributed by atoms with Gasteiger partial charge in [0.15, 0.2) is 5.13 Å². The number of amides is 3. The molecule has 3 heterocycles. The van der Waals surface area contributed by atoms with Crippen LogP contribution in [0.3, 0.4) is 0 Å². The number of aryl methyl sites for hydroxylation is 1. The monoisotopic (exact) mass is 426 g/mol. The van der Waals surface area contributed by atoms with Gasteiger partial charge < -0.3 is 10.2 Å². The molecule has 29 heavy (non-hydrogen) atoms. The van der Waals surface area contributed by atoms with Gasteiger partial charge in [0.2, 0.25) is 0 Å². The third kappa shape index (κ3) is 5.02. The lowest BCUT2D eigenvalue weighted by molar-refractivity contribution is 0.102. The molecule has 8 heteroatoms. The van der Waals surface area contributed by atoms with Gasteiger partial charge in [0.05, 0.1) is 17.8 Å². The number of hydrogen-bond acceptors (Lipinski definition) is 5. The number of benzene rings is 1. The molecular formula is C21H22N4O2S2. The average molecular weight is 427 g/mol. The molecule has 0 atom stereocenters. The predicted octanol–water partition coefficient (Wildman–Crippen LogP) is 4.16. The fraction of sp³-hybridized carbons (Fsp3) is 0.286. The molecule has 0 unspecified atom stereocenters. The van der Waals surface area contributed by atoms with Crippen molar-refractivity contribution in [3.8, 4) is 0 Å². The van der Waals surface area contributed by atoms with Gasteiger partial charge in [-0.25, -0.2) is 9.78 Å². The van der Waals surface area contributed by atoms with E-state index in [1.807, 2.05) is 33.9 Å². The number of nitrogens with zero attached hydrogens (tertiary/aromatic N) is 2. The molecule has 0 spiro atoms. The van der Waals surface area contributed by atoms with E-state index in [9.17, 15) is 9.59 Å². The van der Waals surface area contributed by atoms with Crippen LogP contribution in [0.1, 0.15) is 32.9 Å². The van der Waals surface area contributed by atoms with Crippen LogP contribution in [0.25, 0.3) is 0 Å². The minimum absolute atomic E-state index is 0.0408. The Kier molecular flexibility index (Phi) is 6.21. The second-order valence-electron chi connectivity index (χ2n) is 6.85. The van der Waals surface area contributed by atoms with Gasteiger partial charge in [-0.15, -0.1) is 0 Å². The smallest absolute Gasteiger partial charge is 0.317 e. The van der Waals surface area contributed by atoms with Crippen LogP contribution in [0.5, 0.6) is 0 Å². The Bertz CT molecular complexity index is 970. The molecule has 1 aliphatic heterocycles. The summed E-state index contributed by atoms with van der Waals surface area (Å²) in [6.07, 6.45) is 2.57. The van der Waals surface area contributed by atoms with E-state index in [1.165, 1.54) is 28.2 Å². The van der Waals surface area contributed by atoms with Crippen molar-refractivity contribution in [1.82, 2.24) is 15.2 Å². The standard InChI is InChI=1S/C21H22N4O2S2/c26-19(16-9-12-28-14-16)24-20-23-17-8-11-25(13-18(17)29-20)21(27)22-10-4-7-15-5-2-1-3-6-15/h1-3,5-6,9,12,14H,4,7-8,10-11,13H2,(H,22,27)(H,23,24,26). The van der Waals surface area contributed by atoms with E-state index >= 15 is 0 Å². The van der Waals surface area contributed by atoms with E-state index in [-0.39, 0.29) is 11.9 Å². The Morgan fingerprint density at radius 2 is 2.03 bits per heavy atom. The molecule has 0 bridgehead atoms. The van der Waals surface area contributed by atoms with E-state index < -0.39 is 0 Å². The fourth-order valence-electron chi connectivity index (χ4n) is 3.23. The van der Waals surface area contributed by atoms with Gasteiger partial charge in [-0.05, 0) is 29.9 Å². The molecule has 2 aromatic heterocycles. The Morgan fingerprint density at radius 1 is 1.17 bits per heavy atom. The van der Waals surface area contributed by atoms with Crippen molar-refractivity contribution in [3.63, 3.8) is 0 Å². The van der Waals surface area contributed by atoms with Crippen molar-refractivity contribution >= 4 is 39.7 Å². The van der Waals surface area contributed by atoms with Crippen molar-refractivity contribution in [2.75, 3.05) is 18.4 Å². The second kappa shape index (κ2) is 9.19. The lowest BCUT2D eigenvalue weighted by Crippen LogP contribution is -2.42. The highest BCUT2D eigenvalue weighted by molar-refractivity contribution is 7.16. The SMILES string of the molecule is O=C(Nc1nc2c(s1)CN(C(=O)NCCCc1ccccc1)CC2)c1ccsc1. The normalized spacial score (nSPS) is 13.0. The average Bonchev–Trinajstić information content (AvgIpc) is 3.40. The third-order valence-corrected chi connectivity index (χ3v) is 6.46. The van der Waals surface area contributed by atoms with Gasteiger partial charge in [0.25, 0.3) is 5.91 Å². The molecule has 0 saturated carbocycles. The highest BCUT2D eigenvalue weighted by Crippen LogP contribution is 2.28. The highest BCUT2D eigenvalue weighted by atomic mass is 32.1. The zero-order chi connectivity index (χ0) is 20.1. The summed E-state index contributed by atoms with van der Waals surface area (Å²) in [5.74, 6) is -0.148. The molecule has 3 amide bonds. The molecule has 2 N–H and O–H groups in total. The van der Waals surface area contributed by atoms with Crippen LogP contribution in [-0.4, -0.2) is 34.9 Å². The van der Waals surface area contributed by atoms with E-state index in [1.54, 1.807) is 6.07 Å². The summed E-state index contributed by atoms with van der Waals surface area (Å²) in [6, 6.07) is 12.0. The van der Waals surface area contributed by atoms with Gasteiger partial charge in [0.1, 0.15) is 0 Å². The summed E-state index contributed by atoms with van der Waals surface area (Å²) in [7, 11) is 0. The first kappa shape index (κ1) is 19.6. The summed E-state index contributed by atoms with van der Waals surface area (Å²) < 4.78 is 0. The van der Waals surface area contributed by atoms with Gasteiger partial charge >= 0.3 is 6.03 Å². The predicted molar refractivity (Wildman–Crippen MR) is 117 cm³/mol. The summed E-state index contributed by atoms with van der Waals surface area (Å²) in [4.78, 5) is 32.1. The van der Waals surface area contributed by atoms with Crippen molar-refractivity contribution in [3.05, 3.63) is 68.9 Å². The van der Waals surface area contributed by atoms with Crippen molar-refractivity contribution in [2.45, 2.75) is 25.8 Å². The van der Waals surface area contributed by atoms with Crippen LogP contribution in [0.15, 0.2) is 47.2 Å². The number of carbonyl (C=O) groups is 2. The molecule has 1 aromatic carbocycles. The van der Waals surface area contributed by atoms with Crippen LogP contribution < -0.4 is 10.6 Å². The van der Waals surface area contributed by atoms with E-state index in [2.05, 4.69) is 27.8 Å². The van der Waals surface area contributed by atoms with E-state index in [0.717, 1.165) is 23.4 Å². The topological polar surface area (TPSA) is 74.3 Å². The van der Waals surface area contributed by atoms with Crippen LogP contribution in [0.2, 0.25) is 0 Å². The molecule has 0 aliphatic carbocycles. The maximum atomic E-state index is 12.5. The number of thiazole rings is 1. The summed E-state index contributed by atoms with van der Waals surface area (Å²) in [5.41, 5.74) is 2.90. The number of urea groups is 1. The van der Waals surface area contributed by atoms with Crippen LogP contribution in [-0.2, 0) is 19.4 Å². The number of rotatable bonds is 6. The quantitative estimate of drug-likeness (QED) is 0.581. The Labute approximate surface area is 177 Å². The molecule has 1 aliphatic rings. The lowest BCUT2D eigenvalue weighted by atomic mass is 10.1. The molecule has 150 valence electrons. The number of fused-ring (bicyclic) bond motifs is 1. The first-order valence-corrected chi connectivity index (χ1v) is 11.3. The van der Waals surface area contributed by atoms with Crippen LogP contribution in [0.4, 0.5) is 9.93 Å². The number of nitrogens with one attached hydrogen (secondary N) is 2. The molecule has 6 nitrogen and oxygen atoms in total. The first-order valence-electron chi connectivity index (χ1n) is 9.58. The van der Waals surface area contributed by atoms with Crippen LogP contribution in [0, 0.1) is 0 Å². The van der Waals surface area contributed by atoms with Gasteiger partial charge in [-0.2, -0.15) is 11.3 Å². The Balaban J connectivity index is 1.26. The molecule has 0 fully saturated rings. The maximum absolute atomic E-state index is 12.5. The van der Waals surface area contributed by atoms with Crippen LogP contribution >= 0.6 is 22.7 Å². The van der Waals surface area contributed by atoms with Gasteiger partial charge in [-0.1, -0.05) is 41.7 Å². The number of hydrogen-bond donors (Lipinski definition) is 2. The number of aromatic nitrogens is 1. The molecule has 0 saturated heterocycles. The zero-order valence-corrected chi connectivity index (χ0v) is 17.5. The van der Waals surface area contributed by atoms with Gasteiger partial charge in [0, 0.05) is 29.8 Å². The Morgan fingerprint density at radius 3 is 2.83 bits per heavy atom. The maximum Gasteiger partial charge on any atom is 0.317 e. The second-order valence-corrected chi connectivity index (χ2v) is 8.71. The fourth-order valence-corrected chi connectivity index (χ4v) is 4.88. The zero-order valence-electron chi connectivity index (χ0n) is 15.9. The molecule has 0 radical (unpaired) electrons. The molecule has 3 aromatic rings. The van der Waals surface area contributed by atoms with E-state index in [4.69, 9.17) is 0 Å². The molecule has 4 rings (SSSR count). The minimum Gasteiger partial charge on any atom is -0.338 e. The van der Waals surface area contributed by atoms with E-state index in [0.29, 0.717) is 36.8 Å². The molecular weight excluding hydrogens is 404 g/mol. The number of carbonyl (C=O) groups excluding carboxylic acids is 2. The van der Waals surface area contributed by atoms with Crippen molar-refractivity contribution in [2.24, 2.45) is 0 Å². The lowest BCUT2D eigenvalue weighted by Gasteiger charge is -2.26.